The fraction of sp³-hybridized carbons (Fsp3) is 0.0714. The number of fused-ring (bicyclic) bond motifs is 2. The van der Waals surface area contributed by atoms with Gasteiger partial charge in [0, 0.05) is 40.2 Å². The van der Waals surface area contributed by atoms with Gasteiger partial charge in [-0.1, -0.05) is 54.1 Å². The summed E-state index contributed by atoms with van der Waals surface area (Å²) in [5.74, 6) is 0.877. The van der Waals surface area contributed by atoms with Crippen LogP contribution in [0.3, 0.4) is 0 Å². The molecule has 0 spiro atoms. The number of hydrogen-bond donors (Lipinski definition) is 1. The molecule has 1 N–H and O–H groups in total. The van der Waals surface area contributed by atoms with Gasteiger partial charge in [0.25, 0.3) is 5.56 Å². The summed E-state index contributed by atoms with van der Waals surface area (Å²) in [5.41, 5.74) is 3.31. The lowest BCUT2D eigenvalue weighted by Gasteiger charge is -2.14. The van der Waals surface area contributed by atoms with Gasteiger partial charge in [0.05, 0.1) is 34.7 Å². The minimum absolute atomic E-state index is 0.385. The number of nitrogens with zero attached hydrogens (tertiary/aromatic N) is 4. The summed E-state index contributed by atoms with van der Waals surface area (Å²) in [7, 11) is 1.95. The third-order valence-electron chi connectivity index (χ3n) is 6.58. The van der Waals surface area contributed by atoms with Gasteiger partial charge in [-0.25, -0.2) is 14.3 Å². The van der Waals surface area contributed by atoms with Crippen LogP contribution in [0.1, 0.15) is 5.82 Å². The van der Waals surface area contributed by atoms with E-state index < -0.39 is 11.2 Å². The minimum atomic E-state index is -0.538. The van der Waals surface area contributed by atoms with Gasteiger partial charge in [0.2, 0.25) is 0 Å². The number of aryl methyl sites for hydroxylation is 1. The number of halogens is 1. The zero-order valence-corrected chi connectivity index (χ0v) is 20.2. The molecule has 3 aromatic heterocycles. The van der Waals surface area contributed by atoms with E-state index in [0.717, 1.165) is 43.5 Å². The number of H-pyrrole nitrogens is 1. The Morgan fingerprint density at radius 3 is 2.56 bits per heavy atom. The summed E-state index contributed by atoms with van der Waals surface area (Å²) >= 11 is 6.67. The molecule has 7 nitrogen and oxygen atoms in total. The van der Waals surface area contributed by atoms with E-state index in [4.69, 9.17) is 11.6 Å². The number of pyridine rings is 1. The van der Waals surface area contributed by atoms with Crippen molar-refractivity contribution in [3.05, 3.63) is 111 Å². The predicted molar refractivity (Wildman–Crippen MR) is 143 cm³/mol. The van der Waals surface area contributed by atoms with E-state index in [9.17, 15) is 9.59 Å². The first-order valence-electron chi connectivity index (χ1n) is 11.3. The standard InChI is InChI=1S/C28H20ClN5O2/c1-16-31-15-24(33(16)2)21-8-5-9-22(29)26(21)17-10-11-20-23(12-17)32-28(36)34(27(20)35)25-14-30-13-18-6-3-4-7-19(18)25/h3-15H,1-2H3,(H,32,36). The van der Waals surface area contributed by atoms with Crippen molar-refractivity contribution in [1.29, 1.82) is 0 Å². The van der Waals surface area contributed by atoms with Gasteiger partial charge in [-0.15, -0.1) is 0 Å². The van der Waals surface area contributed by atoms with Crippen LogP contribution in [0.5, 0.6) is 0 Å². The van der Waals surface area contributed by atoms with Crippen molar-refractivity contribution in [2.24, 2.45) is 7.05 Å². The number of aromatic amines is 1. The van der Waals surface area contributed by atoms with Gasteiger partial charge in [0.15, 0.2) is 0 Å². The molecule has 3 heterocycles. The highest BCUT2D eigenvalue weighted by Crippen LogP contribution is 2.38. The number of aromatic nitrogens is 5. The van der Waals surface area contributed by atoms with Crippen molar-refractivity contribution in [2.75, 3.05) is 0 Å². The largest absolute Gasteiger partial charge is 0.333 e. The summed E-state index contributed by atoms with van der Waals surface area (Å²) in [5, 5.41) is 2.55. The SMILES string of the molecule is Cc1ncc(-c2cccc(Cl)c2-c2ccc3c(=O)n(-c4cncc5ccccc45)c(=O)[nH]c3c2)n1C. The summed E-state index contributed by atoms with van der Waals surface area (Å²) < 4.78 is 3.13. The van der Waals surface area contributed by atoms with Crippen molar-refractivity contribution >= 4 is 33.3 Å². The quantitative estimate of drug-likeness (QED) is 0.364. The van der Waals surface area contributed by atoms with Crippen molar-refractivity contribution < 1.29 is 0 Å². The van der Waals surface area contributed by atoms with Crippen LogP contribution in [0, 0.1) is 6.92 Å². The van der Waals surface area contributed by atoms with Crippen LogP contribution in [0.2, 0.25) is 5.02 Å². The van der Waals surface area contributed by atoms with Crippen molar-refractivity contribution in [3.63, 3.8) is 0 Å². The van der Waals surface area contributed by atoms with Gasteiger partial charge in [-0.05, 0) is 30.7 Å². The van der Waals surface area contributed by atoms with Crippen LogP contribution >= 0.6 is 11.6 Å². The zero-order chi connectivity index (χ0) is 25.0. The third-order valence-corrected chi connectivity index (χ3v) is 6.90. The highest BCUT2D eigenvalue weighted by Gasteiger charge is 2.17. The van der Waals surface area contributed by atoms with E-state index in [1.807, 2.05) is 73.3 Å². The molecule has 0 atom stereocenters. The van der Waals surface area contributed by atoms with Crippen LogP contribution in [0.15, 0.2) is 88.8 Å². The lowest BCUT2D eigenvalue weighted by molar-refractivity contribution is 0.865. The van der Waals surface area contributed by atoms with Crippen LogP contribution in [0.4, 0.5) is 0 Å². The smallest absolute Gasteiger partial charge is 0.331 e. The molecule has 176 valence electrons. The molecule has 3 aromatic carbocycles. The minimum Gasteiger partial charge on any atom is -0.331 e. The van der Waals surface area contributed by atoms with Crippen molar-refractivity contribution in [3.8, 4) is 28.1 Å². The third kappa shape index (κ3) is 3.36. The Kier molecular flexibility index (Phi) is 5.09. The van der Waals surface area contributed by atoms with E-state index in [1.54, 1.807) is 18.3 Å². The number of benzene rings is 3. The Morgan fingerprint density at radius 1 is 0.917 bits per heavy atom. The van der Waals surface area contributed by atoms with Crippen LogP contribution in [-0.4, -0.2) is 24.1 Å². The molecular weight excluding hydrogens is 474 g/mol. The van der Waals surface area contributed by atoms with E-state index in [-0.39, 0.29) is 0 Å². The molecule has 0 unspecified atom stereocenters. The number of nitrogens with one attached hydrogen (secondary N) is 1. The Labute approximate surface area is 210 Å². The van der Waals surface area contributed by atoms with E-state index >= 15 is 0 Å². The van der Waals surface area contributed by atoms with E-state index in [0.29, 0.717) is 21.6 Å². The fourth-order valence-electron chi connectivity index (χ4n) is 4.65. The fourth-order valence-corrected chi connectivity index (χ4v) is 4.94. The summed E-state index contributed by atoms with van der Waals surface area (Å²) in [4.78, 5) is 38.2. The lowest BCUT2D eigenvalue weighted by atomic mass is 9.96. The topological polar surface area (TPSA) is 85.6 Å². The molecule has 0 radical (unpaired) electrons. The molecular formula is C28H20ClN5O2. The Morgan fingerprint density at radius 2 is 1.75 bits per heavy atom. The maximum absolute atomic E-state index is 13.5. The van der Waals surface area contributed by atoms with Crippen LogP contribution in [-0.2, 0) is 7.05 Å². The van der Waals surface area contributed by atoms with Gasteiger partial charge in [0.1, 0.15) is 5.82 Å². The molecule has 0 aliphatic rings. The molecule has 8 heteroatoms. The monoisotopic (exact) mass is 493 g/mol. The Balaban J connectivity index is 1.57. The van der Waals surface area contributed by atoms with Gasteiger partial charge < -0.3 is 9.55 Å². The van der Waals surface area contributed by atoms with Crippen LogP contribution in [0.25, 0.3) is 49.7 Å². The van der Waals surface area contributed by atoms with E-state index in [1.165, 1.54) is 6.20 Å². The molecule has 0 aliphatic carbocycles. The van der Waals surface area contributed by atoms with Gasteiger partial charge >= 0.3 is 5.69 Å². The molecule has 0 amide bonds. The molecule has 0 saturated carbocycles. The maximum atomic E-state index is 13.5. The zero-order valence-electron chi connectivity index (χ0n) is 19.5. The molecule has 6 aromatic rings. The highest BCUT2D eigenvalue weighted by molar-refractivity contribution is 6.34. The summed E-state index contributed by atoms with van der Waals surface area (Å²) in [6, 6.07) is 18.6. The second-order valence-corrected chi connectivity index (χ2v) is 9.03. The second-order valence-electron chi connectivity index (χ2n) is 8.62. The first-order valence-corrected chi connectivity index (χ1v) is 11.7. The molecule has 0 saturated heterocycles. The summed E-state index contributed by atoms with van der Waals surface area (Å²) in [6.45, 7) is 1.94. The number of rotatable bonds is 3. The molecule has 36 heavy (non-hydrogen) atoms. The molecule has 0 fully saturated rings. The number of hydrogen-bond acceptors (Lipinski definition) is 4. The van der Waals surface area contributed by atoms with E-state index in [2.05, 4.69) is 15.0 Å². The predicted octanol–water partition coefficient (Wildman–Crippen LogP) is 5.26. The van der Waals surface area contributed by atoms with Gasteiger partial charge in [-0.2, -0.15) is 0 Å². The first kappa shape index (κ1) is 22.0. The molecule has 6 rings (SSSR count). The average molecular weight is 494 g/mol. The van der Waals surface area contributed by atoms with Crippen LogP contribution < -0.4 is 11.2 Å². The number of imidazole rings is 1. The molecule has 0 aliphatic heterocycles. The normalized spacial score (nSPS) is 11.4. The lowest BCUT2D eigenvalue weighted by Crippen LogP contribution is -2.33. The Hall–Kier alpha value is -4.49. The summed E-state index contributed by atoms with van der Waals surface area (Å²) in [6.07, 6.45) is 5.05. The Bertz CT molecular complexity index is 1930. The van der Waals surface area contributed by atoms with Gasteiger partial charge in [-0.3, -0.25) is 9.78 Å². The first-order chi connectivity index (χ1) is 17.4. The van der Waals surface area contributed by atoms with Crippen molar-refractivity contribution in [1.82, 2.24) is 24.1 Å². The average Bonchev–Trinajstić information content (AvgIpc) is 3.21. The van der Waals surface area contributed by atoms with Crippen molar-refractivity contribution in [2.45, 2.75) is 6.92 Å². The second kappa shape index (κ2) is 8.32. The molecule has 0 bridgehead atoms. The maximum Gasteiger partial charge on any atom is 0.333 e. The highest BCUT2D eigenvalue weighted by atomic mass is 35.5.